The highest BCUT2D eigenvalue weighted by Crippen LogP contribution is 2.15. The van der Waals surface area contributed by atoms with Crippen molar-refractivity contribution in [2.45, 2.75) is 18.5 Å². The molecule has 3 N–H and O–H groups in total. The van der Waals surface area contributed by atoms with Gasteiger partial charge in [0.1, 0.15) is 0 Å². The lowest BCUT2D eigenvalue weighted by atomic mass is 10.2. The van der Waals surface area contributed by atoms with Gasteiger partial charge < -0.3 is 15.7 Å². The van der Waals surface area contributed by atoms with Crippen LogP contribution in [0.4, 0.5) is 0 Å². The van der Waals surface area contributed by atoms with E-state index in [0.29, 0.717) is 0 Å². The van der Waals surface area contributed by atoms with Crippen LogP contribution >= 0.6 is 0 Å². The highest BCUT2D eigenvalue weighted by atomic mass is 16.3. The van der Waals surface area contributed by atoms with E-state index < -0.39 is 0 Å². The summed E-state index contributed by atoms with van der Waals surface area (Å²) in [7, 11) is 0. The molecule has 0 saturated carbocycles. The fourth-order valence-corrected chi connectivity index (χ4v) is 1.38. The third kappa shape index (κ3) is 1.30. The van der Waals surface area contributed by atoms with Gasteiger partial charge in [0.05, 0.1) is 12.6 Å². The van der Waals surface area contributed by atoms with E-state index in [9.17, 15) is 0 Å². The van der Waals surface area contributed by atoms with E-state index >= 15 is 0 Å². The lowest BCUT2D eigenvalue weighted by Gasteiger charge is -2.18. The molecule has 1 rings (SSSR count). The maximum Gasteiger partial charge on any atom is 0.0635 e. The van der Waals surface area contributed by atoms with Crippen LogP contribution < -0.4 is 5.73 Å². The predicted octanol–water partition coefficient (Wildman–Crippen LogP) is -0.476. The topological polar surface area (TPSA) is 49.5 Å². The molecule has 3 nitrogen and oxygen atoms in total. The summed E-state index contributed by atoms with van der Waals surface area (Å²) in [4.78, 5) is 1.99. The van der Waals surface area contributed by atoms with Gasteiger partial charge in [0, 0.05) is 12.6 Å². The van der Waals surface area contributed by atoms with E-state index in [1.165, 1.54) is 0 Å². The van der Waals surface area contributed by atoms with Crippen LogP contribution in [0, 0.1) is 0 Å². The Labute approximate surface area is 61.1 Å². The van der Waals surface area contributed by atoms with Gasteiger partial charge in [-0.15, -0.1) is 0 Å². The first-order chi connectivity index (χ1) is 4.77. The van der Waals surface area contributed by atoms with Crippen molar-refractivity contribution in [1.82, 2.24) is 4.90 Å². The van der Waals surface area contributed by atoms with Crippen LogP contribution in [0.2, 0.25) is 0 Å². The van der Waals surface area contributed by atoms with Gasteiger partial charge in [0.15, 0.2) is 0 Å². The molecular formula is C7H14N2O. The third-order valence-corrected chi connectivity index (χ3v) is 1.93. The zero-order valence-corrected chi connectivity index (χ0v) is 6.03. The van der Waals surface area contributed by atoms with Gasteiger partial charge in [0.25, 0.3) is 0 Å². The molecule has 0 aliphatic carbocycles. The van der Waals surface area contributed by atoms with Crippen LogP contribution in [0.3, 0.4) is 0 Å². The molecule has 1 aliphatic rings. The van der Waals surface area contributed by atoms with E-state index in [4.69, 9.17) is 10.8 Å². The number of likely N-dealkylation sites (tertiary alicyclic amines) is 1. The molecule has 1 fully saturated rings. The van der Waals surface area contributed by atoms with Gasteiger partial charge in [-0.25, -0.2) is 0 Å². The van der Waals surface area contributed by atoms with Gasteiger partial charge in [-0.05, 0) is 12.6 Å². The summed E-state index contributed by atoms with van der Waals surface area (Å²) in [6.07, 6.45) is 2.62. The van der Waals surface area contributed by atoms with Gasteiger partial charge in [0.2, 0.25) is 0 Å². The second kappa shape index (κ2) is 3.03. The normalized spacial score (nSPS) is 32.8. The van der Waals surface area contributed by atoms with Gasteiger partial charge >= 0.3 is 0 Å². The Morgan fingerprint density at radius 2 is 2.50 bits per heavy atom. The Morgan fingerprint density at radius 3 is 2.90 bits per heavy atom. The van der Waals surface area contributed by atoms with Crippen LogP contribution in [0.5, 0.6) is 0 Å². The molecule has 0 unspecified atom stereocenters. The molecule has 10 heavy (non-hydrogen) atoms. The zero-order valence-electron chi connectivity index (χ0n) is 6.03. The van der Waals surface area contributed by atoms with E-state index in [-0.39, 0.29) is 18.7 Å². The molecule has 2 atom stereocenters. The predicted molar refractivity (Wildman–Crippen MR) is 40.4 cm³/mol. The second-order valence-electron chi connectivity index (χ2n) is 2.71. The monoisotopic (exact) mass is 142 g/mol. The standard InChI is InChI=1S/C7H14N2O/c1-2-9-4-6(8)3-7(9)5-10/h2,6-7,10H,1,3-5,8H2/t6-,7-/m0/s1. The van der Waals surface area contributed by atoms with E-state index in [1.54, 1.807) is 6.20 Å². The summed E-state index contributed by atoms with van der Waals surface area (Å²) in [5.74, 6) is 0. The van der Waals surface area contributed by atoms with E-state index in [0.717, 1.165) is 13.0 Å². The first kappa shape index (κ1) is 7.57. The van der Waals surface area contributed by atoms with Crippen molar-refractivity contribution in [3.63, 3.8) is 0 Å². The fraction of sp³-hybridized carbons (Fsp3) is 0.714. The average Bonchev–Trinajstić information content (AvgIpc) is 2.30. The lowest BCUT2D eigenvalue weighted by Crippen LogP contribution is -2.27. The number of hydrogen-bond donors (Lipinski definition) is 2. The molecule has 0 radical (unpaired) electrons. The number of rotatable bonds is 2. The van der Waals surface area contributed by atoms with Crippen molar-refractivity contribution in [2.24, 2.45) is 5.73 Å². The number of aliphatic hydroxyl groups excluding tert-OH is 1. The van der Waals surface area contributed by atoms with Crippen molar-refractivity contribution in [2.75, 3.05) is 13.2 Å². The van der Waals surface area contributed by atoms with Crippen LogP contribution in [0.1, 0.15) is 6.42 Å². The molecule has 1 heterocycles. The molecule has 0 amide bonds. The number of aliphatic hydroxyl groups is 1. The molecule has 1 saturated heterocycles. The molecule has 0 aromatic carbocycles. The Morgan fingerprint density at radius 1 is 1.80 bits per heavy atom. The quantitative estimate of drug-likeness (QED) is 0.547. The highest BCUT2D eigenvalue weighted by Gasteiger charge is 2.26. The molecule has 3 heteroatoms. The summed E-state index contributed by atoms with van der Waals surface area (Å²) in [6, 6.07) is 0.405. The van der Waals surface area contributed by atoms with Crippen molar-refractivity contribution in [3.8, 4) is 0 Å². The summed E-state index contributed by atoms with van der Waals surface area (Å²) >= 11 is 0. The van der Waals surface area contributed by atoms with Crippen LogP contribution in [-0.4, -0.2) is 35.2 Å². The second-order valence-corrected chi connectivity index (χ2v) is 2.71. The summed E-state index contributed by atoms with van der Waals surface area (Å²) < 4.78 is 0. The van der Waals surface area contributed by atoms with Gasteiger partial charge in [-0.1, -0.05) is 6.58 Å². The molecule has 0 aromatic heterocycles. The van der Waals surface area contributed by atoms with Crippen LogP contribution in [0.15, 0.2) is 12.8 Å². The molecule has 0 aromatic rings. The molecule has 0 bridgehead atoms. The Kier molecular flexibility index (Phi) is 2.29. The van der Waals surface area contributed by atoms with Gasteiger partial charge in [-0.2, -0.15) is 0 Å². The fourth-order valence-electron chi connectivity index (χ4n) is 1.38. The minimum absolute atomic E-state index is 0.180. The largest absolute Gasteiger partial charge is 0.394 e. The first-order valence-corrected chi connectivity index (χ1v) is 3.52. The minimum Gasteiger partial charge on any atom is -0.394 e. The zero-order chi connectivity index (χ0) is 7.56. The Balaban J connectivity index is 2.48. The lowest BCUT2D eigenvalue weighted by molar-refractivity contribution is 0.196. The smallest absolute Gasteiger partial charge is 0.0635 e. The maximum absolute atomic E-state index is 8.84. The third-order valence-electron chi connectivity index (χ3n) is 1.93. The average molecular weight is 142 g/mol. The molecule has 1 aliphatic heterocycles. The summed E-state index contributed by atoms with van der Waals surface area (Å²) in [6.45, 7) is 4.64. The summed E-state index contributed by atoms with van der Waals surface area (Å²) in [5.41, 5.74) is 5.67. The maximum atomic E-state index is 8.84. The molecule has 58 valence electrons. The first-order valence-electron chi connectivity index (χ1n) is 3.52. The van der Waals surface area contributed by atoms with Gasteiger partial charge in [-0.3, -0.25) is 0 Å². The Hall–Kier alpha value is -0.540. The van der Waals surface area contributed by atoms with Crippen molar-refractivity contribution in [1.29, 1.82) is 0 Å². The van der Waals surface area contributed by atoms with Crippen LogP contribution in [-0.2, 0) is 0 Å². The number of nitrogens with zero attached hydrogens (tertiary/aromatic N) is 1. The van der Waals surface area contributed by atoms with E-state index in [1.807, 2.05) is 4.90 Å². The summed E-state index contributed by atoms with van der Waals surface area (Å²) in [5, 5.41) is 8.84. The minimum atomic E-state index is 0.180. The molecule has 0 spiro atoms. The number of nitrogens with two attached hydrogens (primary N) is 1. The molecular weight excluding hydrogens is 128 g/mol. The van der Waals surface area contributed by atoms with E-state index in [2.05, 4.69) is 6.58 Å². The van der Waals surface area contributed by atoms with Crippen LogP contribution in [0.25, 0.3) is 0 Å². The highest BCUT2D eigenvalue weighted by molar-refractivity contribution is 4.91. The SMILES string of the molecule is C=CN1C[C@@H](N)C[C@H]1CO. The van der Waals surface area contributed by atoms with Crippen molar-refractivity contribution >= 4 is 0 Å². The number of hydrogen-bond acceptors (Lipinski definition) is 3. The van der Waals surface area contributed by atoms with Crippen molar-refractivity contribution in [3.05, 3.63) is 12.8 Å². The Bertz CT molecular complexity index is 127. The van der Waals surface area contributed by atoms with Crippen molar-refractivity contribution < 1.29 is 5.11 Å².